The molecule has 0 saturated heterocycles. The molecule has 0 aliphatic rings. The Balaban J connectivity index is 2.21. The molecule has 0 bridgehead atoms. The molecule has 0 aliphatic heterocycles. The van der Waals surface area contributed by atoms with Gasteiger partial charge in [-0.2, -0.15) is 5.10 Å². The number of aromatic nitrogens is 3. The second-order valence-electron chi connectivity index (χ2n) is 3.92. The van der Waals surface area contributed by atoms with Gasteiger partial charge in [-0.1, -0.05) is 11.2 Å². The van der Waals surface area contributed by atoms with E-state index in [1.165, 1.54) is 6.07 Å². The minimum Gasteiger partial charge on any atom is -0.477 e. The zero-order valence-corrected chi connectivity index (χ0v) is 9.47. The number of aromatic amines is 1. The normalized spacial score (nSPS) is 10.9. The van der Waals surface area contributed by atoms with Crippen LogP contribution in [0, 0.1) is 6.92 Å². The van der Waals surface area contributed by atoms with E-state index < -0.39 is 5.97 Å². The second-order valence-corrected chi connectivity index (χ2v) is 3.92. The van der Waals surface area contributed by atoms with Crippen LogP contribution in [0.25, 0.3) is 22.2 Å². The highest BCUT2D eigenvalue weighted by Gasteiger charge is 2.14. The Hall–Kier alpha value is -2.63. The molecule has 0 radical (unpaired) electrons. The quantitative estimate of drug-likeness (QED) is 0.720. The number of H-pyrrole nitrogens is 1. The highest BCUT2D eigenvalue weighted by Crippen LogP contribution is 2.29. The van der Waals surface area contributed by atoms with Crippen LogP contribution in [-0.2, 0) is 0 Å². The molecule has 0 fully saturated rings. The van der Waals surface area contributed by atoms with Crippen molar-refractivity contribution in [3.05, 3.63) is 35.7 Å². The van der Waals surface area contributed by atoms with Gasteiger partial charge in [0, 0.05) is 10.9 Å². The van der Waals surface area contributed by atoms with E-state index in [0.717, 1.165) is 16.6 Å². The SMILES string of the molecule is Cc1noc2c(-c3cc(C(=O)O)[nH]n3)cccc12. The van der Waals surface area contributed by atoms with E-state index in [2.05, 4.69) is 15.4 Å². The third kappa shape index (κ3) is 1.46. The van der Waals surface area contributed by atoms with Crippen molar-refractivity contribution in [2.24, 2.45) is 0 Å². The van der Waals surface area contributed by atoms with Crippen LogP contribution in [0.3, 0.4) is 0 Å². The van der Waals surface area contributed by atoms with Gasteiger partial charge in [-0.25, -0.2) is 4.79 Å². The lowest BCUT2D eigenvalue weighted by Gasteiger charge is -1.95. The van der Waals surface area contributed by atoms with Crippen LogP contribution in [0.4, 0.5) is 0 Å². The Bertz CT molecular complexity index is 742. The molecule has 6 nitrogen and oxygen atoms in total. The lowest BCUT2D eigenvalue weighted by Crippen LogP contribution is -1.95. The van der Waals surface area contributed by atoms with E-state index >= 15 is 0 Å². The van der Waals surface area contributed by atoms with Crippen LogP contribution in [-0.4, -0.2) is 26.4 Å². The molecular formula is C12H9N3O3. The number of aryl methyl sites for hydroxylation is 1. The predicted molar refractivity (Wildman–Crippen MR) is 63.3 cm³/mol. The number of benzene rings is 1. The first-order chi connectivity index (χ1) is 8.66. The third-order valence-electron chi connectivity index (χ3n) is 2.76. The number of aromatic carboxylic acids is 1. The highest BCUT2D eigenvalue weighted by molar-refractivity contribution is 5.94. The van der Waals surface area contributed by atoms with E-state index in [9.17, 15) is 4.79 Å². The van der Waals surface area contributed by atoms with Crippen LogP contribution in [0.2, 0.25) is 0 Å². The number of rotatable bonds is 2. The Labute approximate surface area is 101 Å². The molecule has 0 aliphatic carbocycles. The molecular weight excluding hydrogens is 234 g/mol. The summed E-state index contributed by atoms with van der Waals surface area (Å²) >= 11 is 0. The van der Waals surface area contributed by atoms with Gasteiger partial charge >= 0.3 is 5.97 Å². The third-order valence-corrected chi connectivity index (χ3v) is 2.76. The summed E-state index contributed by atoms with van der Waals surface area (Å²) in [4.78, 5) is 10.8. The average Bonchev–Trinajstić information content (AvgIpc) is 2.97. The fraction of sp³-hybridized carbons (Fsp3) is 0.0833. The fourth-order valence-corrected chi connectivity index (χ4v) is 1.85. The number of hydrogen-bond acceptors (Lipinski definition) is 4. The molecule has 2 heterocycles. The van der Waals surface area contributed by atoms with Gasteiger partial charge in [-0.05, 0) is 25.1 Å². The minimum absolute atomic E-state index is 0.0400. The highest BCUT2D eigenvalue weighted by atomic mass is 16.5. The summed E-state index contributed by atoms with van der Waals surface area (Å²) in [7, 11) is 0. The van der Waals surface area contributed by atoms with Gasteiger partial charge in [0.05, 0.1) is 11.4 Å². The number of carboxylic acids is 1. The maximum Gasteiger partial charge on any atom is 0.353 e. The summed E-state index contributed by atoms with van der Waals surface area (Å²) in [5.74, 6) is -1.05. The molecule has 6 heteroatoms. The summed E-state index contributed by atoms with van der Waals surface area (Å²) in [6, 6.07) is 7.04. The van der Waals surface area contributed by atoms with Gasteiger partial charge in [0.1, 0.15) is 5.69 Å². The molecule has 0 saturated carbocycles. The van der Waals surface area contributed by atoms with Gasteiger partial charge in [0.25, 0.3) is 0 Å². The van der Waals surface area contributed by atoms with Crippen molar-refractivity contribution in [1.82, 2.24) is 15.4 Å². The summed E-state index contributed by atoms with van der Waals surface area (Å²) in [5, 5.41) is 20.1. The van der Waals surface area contributed by atoms with Gasteiger partial charge in [-0.15, -0.1) is 0 Å². The van der Waals surface area contributed by atoms with Crippen molar-refractivity contribution in [3.8, 4) is 11.3 Å². The Kier molecular flexibility index (Phi) is 2.16. The lowest BCUT2D eigenvalue weighted by molar-refractivity contribution is 0.0690. The first-order valence-electron chi connectivity index (χ1n) is 5.31. The molecule has 2 N–H and O–H groups in total. The zero-order valence-electron chi connectivity index (χ0n) is 9.47. The van der Waals surface area contributed by atoms with E-state index in [1.807, 2.05) is 25.1 Å². The van der Waals surface area contributed by atoms with Crippen molar-refractivity contribution >= 4 is 16.9 Å². The molecule has 18 heavy (non-hydrogen) atoms. The number of carbonyl (C=O) groups is 1. The number of fused-ring (bicyclic) bond motifs is 1. The molecule has 90 valence electrons. The summed E-state index contributed by atoms with van der Waals surface area (Å²) < 4.78 is 5.25. The van der Waals surface area contributed by atoms with Crippen LogP contribution >= 0.6 is 0 Å². The standard InChI is InChI=1S/C12H9N3O3/c1-6-7-3-2-4-8(11(7)18-15-6)9-5-10(12(16)17)14-13-9/h2-5H,1H3,(H,13,14)(H,16,17). The number of nitrogens with zero attached hydrogens (tertiary/aromatic N) is 2. The monoisotopic (exact) mass is 243 g/mol. The number of nitrogens with one attached hydrogen (secondary N) is 1. The van der Waals surface area contributed by atoms with Gasteiger partial charge < -0.3 is 9.63 Å². The van der Waals surface area contributed by atoms with Gasteiger partial charge in [0.15, 0.2) is 5.58 Å². The molecule has 2 aromatic heterocycles. The van der Waals surface area contributed by atoms with E-state index in [-0.39, 0.29) is 5.69 Å². The Morgan fingerprint density at radius 1 is 1.44 bits per heavy atom. The summed E-state index contributed by atoms with van der Waals surface area (Å²) in [5.41, 5.74) is 2.68. The molecule has 3 aromatic rings. The van der Waals surface area contributed by atoms with Crippen molar-refractivity contribution in [2.45, 2.75) is 6.92 Å². The maximum atomic E-state index is 10.8. The maximum absolute atomic E-state index is 10.8. The van der Waals surface area contributed by atoms with Crippen molar-refractivity contribution in [2.75, 3.05) is 0 Å². The smallest absolute Gasteiger partial charge is 0.353 e. The fourth-order valence-electron chi connectivity index (χ4n) is 1.85. The summed E-state index contributed by atoms with van der Waals surface area (Å²) in [6.45, 7) is 1.85. The first kappa shape index (κ1) is 10.5. The predicted octanol–water partition coefficient (Wildman–Crippen LogP) is 2.22. The molecule has 0 spiro atoms. The zero-order chi connectivity index (χ0) is 12.7. The van der Waals surface area contributed by atoms with Crippen molar-refractivity contribution < 1.29 is 14.4 Å². The molecule has 0 unspecified atom stereocenters. The van der Waals surface area contributed by atoms with Crippen LogP contribution < -0.4 is 0 Å². The second kappa shape index (κ2) is 3.69. The molecule has 0 atom stereocenters. The number of para-hydroxylation sites is 1. The Morgan fingerprint density at radius 2 is 2.28 bits per heavy atom. The van der Waals surface area contributed by atoms with Crippen LogP contribution in [0.15, 0.2) is 28.8 Å². The Morgan fingerprint density at radius 3 is 3.00 bits per heavy atom. The van der Waals surface area contributed by atoms with E-state index in [4.69, 9.17) is 9.63 Å². The molecule has 1 aromatic carbocycles. The summed E-state index contributed by atoms with van der Waals surface area (Å²) in [6.07, 6.45) is 0. The minimum atomic E-state index is -1.05. The molecule has 3 rings (SSSR count). The van der Waals surface area contributed by atoms with E-state index in [1.54, 1.807) is 0 Å². The number of hydrogen-bond donors (Lipinski definition) is 2. The van der Waals surface area contributed by atoms with Crippen molar-refractivity contribution in [3.63, 3.8) is 0 Å². The van der Waals surface area contributed by atoms with Crippen LogP contribution in [0.1, 0.15) is 16.2 Å². The average molecular weight is 243 g/mol. The largest absolute Gasteiger partial charge is 0.477 e. The topological polar surface area (TPSA) is 92.0 Å². The van der Waals surface area contributed by atoms with E-state index in [0.29, 0.717) is 11.3 Å². The lowest BCUT2D eigenvalue weighted by atomic mass is 10.1. The van der Waals surface area contributed by atoms with Gasteiger partial charge in [0.2, 0.25) is 0 Å². The van der Waals surface area contributed by atoms with Crippen LogP contribution in [0.5, 0.6) is 0 Å². The molecule has 0 amide bonds. The van der Waals surface area contributed by atoms with Gasteiger partial charge in [-0.3, -0.25) is 5.10 Å². The number of carboxylic acid groups (broad SMARTS) is 1. The van der Waals surface area contributed by atoms with Crippen molar-refractivity contribution in [1.29, 1.82) is 0 Å². The first-order valence-corrected chi connectivity index (χ1v) is 5.31.